The van der Waals surface area contributed by atoms with Gasteiger partial charge in [0, 0.05) is 30.7 Å². The molecule has 1 atom stereocenters. The fourth-order valence-corrected chi connectivity index (χ4v) is 3.47. The van der Waals surface area contributed by atoms with E-state index in [0.717, 1.165) is 51.0 Å². The molecule has 2 aliphatic heterocycles. The van der Waals surface area contributed by atoms with Crippen molar-refractivity contribution in [2.24, 2.45) is 0 Å². The van der Waals surface area contributed by atoms with E-state index in [4.69, 9.17) is 0 Å². The molecule has 126 valence electrons. The maximum atomic E-state index is 12.5. The zero-order chi connectivity index (χ0) is 16.4. The maximum Gasteiger partial charge on any atom is 0.276 e. The molecule has 3 N–H and O–H groups in total. The third kappa shape index (κ3) is 3.14. The molecule has 6 heteroatoms. The lowest BCUT2D eigenvalue weighted by Gasteiger charge is -2.22. The first-order valence-electron chi connectivity index (χ1n) is 8.73. The van der Waals surface area contributed by atoms with Crippen LogP contribution in [0, 0.1) is 0 Å². The molecular formula is C18H23N5O. The van der Waals surface area contributed by atoms with Crippen LogP contribution in [0.3, 0.4) is 0 Å². The molecule has 4 rings (SSSR count). The van der Waals surface area contributed by atoms with Crippen LogP contribution in [-0.4, -0.2) is 35.3 Å². The minimum absolute atomic E-state index is 0.152. The topological polar surface area (TPSA) is 71.0 Å². The largest absolute Gasteiger partial charge is 0.385 e. The zero-order valence-electron chi connectivity index (χ0n) is 13.7. The number of fused-ring (bicyclic) bond motifs is 1. The van der Waals surface area contributed by atoms with E-state index in [9.17, 15) is 4.79 Å². The van der Waals surface area contributed by atoms with Gasteiger partial charge in [0.25, 0.3) is 5.91 Å². The van der Waals surface area contributed by atoms with Crippen LogP contribution in [0.15, 0.2) is 30.5 Å². The van der Waals surface area contributed by atoms with E-state index in [0.29, 0.717) is 11.7 Å². The Labute approximate surface area is 141 Å². The van der Waals surface area contributed by atoms with E-state index >= 15 is 0 Å². The SMILES string of the molecule is O=C(Nc1ccc2c(c1)CCCN2)c1ccn(C2CCCNC2)n1. The Balaban J connectivity index is 1.45. The van der Waals surface area contributed by atoms with Crippen molar-refractivity contribution in [2.75, 3.05) is 30.3 Å². The number of aryl methyl sites for hydroxylation is 1. The Morgan fingerprint density at radius 1 is 1.25 bits per heavy atom. The molecule has 24 heavy (non-hydrogen) atoms. The van der Waals surface area contributed by atoms with Crippen LogP contribution >= 0.6 is 0 Å². The number of piperidine rings is 1. The van der Waals surface area contributed by atoms with Crippen LogP contribution in [-0.2, 0) is 6.42 Å². The van der Waals surface area contributed by atoms with Crippen molar-refractivity contribution < 1.29 is 4.79 Å². The lowest BCUT2D eigenvalue weighted by atomic mass is 10.0. The highest BCUT2D eigenvalue weighted by Crippen LogP contribution is 2.25. The fraction of sp³-hybridized carbons (Fsp3) is 0.444. The van der Waals surface area contributed by atoms with E-state index < -0.39 is 0 Å². The van der Waals surface area contributed by atoms with Crippen molar-refractivity contribution in [1.29, 1.82) is 0 Å². The highest BCUT2D eigenvalue weighted by Gasteiger charge is 2.18. The first kappa shape index (κ1) is 15.2. The number of aromatic nitrogens is 2. The average molecular weight is 325 g/mol. The maximum absolute atomic E-state index is 12.5. The molecule has 2 aromatic rings. The molecule has 1 unspecified atom stereocenters. The van der Waals surface area contributed by atoms with Gasteiger partial charge in [0.05, 0.1) is 6.04 Å². The van der Waals surface area contributed by atoms with Gasteiger partial charge in [0.2, 0.25) is 0 Å². The van der Waals surface area contributed by atoms with Crippen LogP contribution < -0.4 is 16.0 Å². The number of hydrogen-bond donors (Lipinski definition) is 3. The van der Waals surface area contributed by atoms with E-state index in [1.165, 1.54) is 11.3 Å². The third-order valence-electron chi connectivity index (χ3n) is 4.79. The number of hydrogen-bond acceptors (Lipinski definition) is 4. The summed E-state index contributed by atoms with van der Waals surface area (Å²) in [6.45, 7) is 3.00. The summed E-state index contributed by atoms with van der Waals surface area (Å²) in [7, 11) is 0. The first-order valence-corrected chi connectivity index (χ1v) is 8.73. The number of rotatable bonds is 3. The second-order valence-corrected chi connectivity index (χ2v) is 6.54. The van der Waals surface area contributed by atoms with Gasteiger partial charge in [-0.25, -0.2) is 0 Å². The van der Waals surface area contributed by atoms with E-state index in [-0.39, 0.29) is 5.91 Å². The molecule has 3 heterocycles. The number of anilines is 2. The summed E-state index contributed by atoms with van der Waals surface area (Å²) < 4.78 is 1.91. The summed E-state index contributed by atoms with van der Waals surface area (Å²) in [5.41, 5.74) is 3.74. The molecule has 1 aromatic carbocycles. The van der Waals surface area contributed by atoms with E-state index in [1.54, 1.807) is 6.07 Å². The van der Waals surface area contributed by atoms with Crippen LogP contribution in [0.5, 0.6) is 0 Å². The van der Waals surface area contributed by atoms with Gasteiger partial charge in [0.1, 0.15) is 0 Å². The van der Waals surface area contributed by atoms with Crippen molar-refractivity contribution in [2.45, 2.75) is 31.7 Å². The Kier molecular flexibility index (Phi) is 4.21. The smallest absolute Gasteiger partial charge is 0.276 e. The van der Waals surface area contributed by atoms with Crippen LogP contribution in [0.4, 0.5) is 11.4 Å². The van der Waals surface area contributed by atoms with Crippen molar-refractivity contribution in [3.8, 4) is 0 Å². The molecule has 1 amide bonds. The van der Waals surface area contributed by atoms with Gasteiger partial charge >= 0.3 is 0 Å². The average Bonchev–Trinajstić information content (AvgIpc) is 3.13. The highest BCUT2D eigenvalue weighted by molar-refractivity contribution is 6.02. The molecule has 0 bridgehead atoms. The number of amides is 1. The fourth-order valence-electron chi connectivity index (χ4n) is 3.47. The normalized spacial score (nSPS) is 20.1. The van der Waals surface area contributed by atoms with Crippen molar-refractivity contribution >= 4 is 17.3 Å². The minimum atomic E-state index is -0.152. The standard InChI is InChI=1S/C18H23N5O/c24-18(17-7-10-23(22-17)15-4-2-8-19-12-15)21-14-5-6-16-13(11-14)3-1-9-20-16/h5-7,10-11,15,19-20H,1-4,8-9,12H2,(H,21,24). The van der Waals surface area contributed by atoms with Gasteiger partial charge in [0.15, 0.2) is 5.69 Å². The summed E-state index contributed by atoms with van der Waals surface area (Å²) in [4.78, 5) is 12.5. The first-order chi connectivity index (χ1) is 11.8. The molecule has 0 saturated carbocycles. The lowest BCUT2D eigenvalue weighted by molar-refractivity contribution is 0.102. The summed E-state index contributed by atoms with van der Waals surface area (Å²) >= 11 is 0. The predicted octanol–water partition coefficient (Wildman–Crippen LogP) is 2.42. The molecule has 1 saturated heterocycles. The Hall–Kier alpha value is -2.34. The second-order valence-electron chi connectivity index (χ2n) is 6.54. The predicted molar refractivity (Wildman–Crippen MR) is 94.6 cm³/mol. The van der Waals surface area contributed by atoms with Crippen molar-refractivity contribution in [1.82, 2.24) is 15.1 Å². The molecule has 0 spiro atoms. The van der Waals surface area contributed by atoms with Crippen molar-refractivity contribution in [3.63, 3.8) is 0 Å². The van der Waals surface area contributed by atoms with Gasteiger partial charge in [-0.2, -0.15) is 5.10 Å². The number of nitrogens with zero attached hydrogens (tertiary/aromatic N) is 2. The monoisotopic (exact) mass is 325 g/mol. The third-order valence-corrected chi connectivity index (χ3v) is 4.79. The Morgan fingerprint density at radius 2 is 2.21 bits per heavy atom. The molecule has 2 aliphatic rings. The van der Waals surface area contributed by atoms with Gasteiger partial charge in [-0.15, -0.1) is 0 Å². The van der Waals surface area contributed by atoms with Crippen molar-refractivity contribution in [3.05, 3.63) is 41.7 Å². The quantitative estimate of drug-likeness (QED) is 0.810. The Bertz CT molecular complexity index is 733. The molecule has 0 radical (unpaired) electrons. The molecule has 1 fully saturated rings. The zero-order valence-corrected chi connectivity index (χ0v) is 13.7. The lowest BCUT2D eigenvalue weighted by Crippen LogP contribution is -2.32. The van der Waals surface area contributed by atoms with Crippen LogP contribution in [0.1, 0.15) is 41.4 Å². The minimum Gasteiger partial charge on any atom is -0.385 e. The van der Waals surface area contributed by atoms with Gasteiger partial charge in [-0.3, -0.25) is 9.48 Å². The van der Waals surface area contributed by atoms with Crippen LogP contribution in [0.25, 0.3) is 0 Å². The molecule has 0 aliphatic carbocycles. The van der Waals surface area contributed by atoms with E-state index in [1.807, 2.05) is 23.0 Å². The molecule has 6 nitrogen and oxygen atoms in total. The molecule has 1 aromatic heterocycles. The second kappa shape index (κ2) is 6.65. The van der Waals surface area contributed by atoms with Gasteiger partial charge in [-0.05, 0) is 62.1 Å². The molecular weight excluding hydrogens is 302 g/mol. The van der Waals surface area contributed by atoms with E-state index in [2.05, 4.69) is 27.1 Å². The summed E-state index contributed by atoms with van der Waals surface area (Å²) in [6.07, 6.45) is 6.34. The number of carbonyl (C=O) groups is 1. The Morgan fingerprint density at radius 3 is 3.08 bits per heavy atom. The number of carbonyl (C=O) groups excluding carboxylic acids is 1. The summed E-state index contributed by atoms with van der Waals surface area (Å²) in [5.74, 6) is -0.152. The van der Waals surface area contributed by atoms with Gasteiger partial charge < -0.3 is 16.0 Å². The summed E-state index contributed by atoms with van der Waals surface area (Å²) in [6, 6.07) is 8.17. The number of nitrogens with one attached hydrogen (secondary N) is 3. The summed E-state index contributed by atoms with van der Waals surface area (Å²) in [5, 5.41) is 14.2. The number of benzene rings is 1. The van der Waals surface area contributed by atoms with Crippen LogP contribution in [0.2, 0.25) is 0 Å². The van der Waals surface area contributed by atoms with Gasteiger partial charge in [-0.1, -0.05) is 0 Å². The highest BCUT2D eigenvalue weighted by atomic mass is 16.1.